The van der Waals surface area contributed by atoms with E-state index in [2.05, 4.69) is 24.1 Å². The van der Waals surface area contributed by atoms with Crippen molar-refractivity contribution in [2.75, 3.05) is 40.4 Å². The zero-order chi connectivity index (χ0) is 12.0. The first-order valence-corrected chi connectivity index (χ1v) is 6.27. The Morgan fingerprint density at radius 3 is 2.12 bits per heavy atom. The van der Waals surface area contributed by atoms with E-state index in [9.17, 15) is 0 Å². The van der Waals surface area contributed by atoms with Crippen molar-refractivity contribution < 1.29 is 9.47 Å². The van der Waals surface area contributed by atoms with E-state index in [1.54, 1.807) is 14.2 Å². The normalized spacial score (nSPS) is 28.5. The van der Waals surface area contributed by atoms with Crippen molar-refractivity contribution in [1.29, 1.82) is 0 Å². The van der Waals surface area contributed by atoms with Gasteiger partial charge in [0.05, 0.1) is 12.2 Å². The van der Waals surface area contributed by atoms with Gasteiger partial charge in [0.25, 0.3) is 0 Å². The molecule has 1 saturated heterocycles. The van der Waals surface area contributed by atoms with Crippen molar-refractivity contribution >= 4 is 0 Å². The van der Waals surface area contributed by atoms with Gasteiger partial charge in [-0.15, -0.1) is 0 Å². The van der Waals surface area contributed by atoms with Crippen LogP contribution in [0.5, 0.6) is 0 Å². The number of methoxy groups -OCH3 is 2. The third kappa shape index (κ3) is 3.42. The molecule has 0 spiro atoms. The summed E-state index contributed by atoms with van der Waals surface area (Å²) in [5, 5.41) is 3.42. The number of rotatable bonds is 7. The number of ether oxygens (including phenoxy) is 2. The maximum atomic E-state index is 5.46. The van der Waals surface area contributed by atoms with Crippen molar-refractivity contribution in [2.45, 2.75) is 38.5 Å². The first-order chi connectivity index (χ1) is 7.76. The molecule has 3 unspecified atom stereocenters. The summed E-state index contributed by atoms with van der Waals surface area (Å²) in [7, 11) is 3.54. The Hall–Kier alpha value is -0.160. The second kappa shape index (κ2) is 7.22. The number of hydrogen-bond donors (Lipinski definition) is 1. The molecular weight excluding hydrogens is 204 g/mol. The predicted molar refractivity (Wildman–Crippen MR) is 65.8 cm³/mol. The zero-order valence-electron chi connectivity index (χ0n) is 11.0. The molecule has 0 bridgehead atoms. The van der Waals surface area contributed by atoms with E-state index < -0.39 is 0 Å². The minimum Gasteiger partial charge on any atom is -0.377 e. The molecule has 0 saturated carbocycles. The van der Waals surface area contributed by atoms with Crippen molar-refractivity contribution in [2.24, 2.45) is 0 Å². The second-order valence-corrected chi connectivity index (χ2v) is 4.37. The SMILES string of the molecule is CCNCC(CC)N1CC(OC)C(OC)C1. The lowest BCUT2D eigenvalue weighted by Crippen LogP contribution is -2.41. The van der Waals surface area contributed by atoms with Gasteiger partial charge in [-0.3, -0.25) is 4.90 Å². The smallest absolute Gasteiger partial charge is 0.0971 e. The van der Waals surface area contributed by atoms with Gasteiger partial charge in [0.1, 0.15) is 0 Å². The lowest BCUT2D eigenvalue weighted by atomic mass is 10.2. The van der Waals surface area contributed by atoms with Crippen LogP contribution in [-0.4, -0.2) is 63.5 Å². The van der Waals surface area contributed by atoms with Crippen molar-refractivity contribution in [3.05, 3.63) is 0 Å². The van der Waals surface area contributed by atoms with Gasteiger partial charge in [0, 0.05) is 39.9 Å². The lowest BCUT2D eigenvalue weighted by Gasteiger charge is -2.26. The number of nitrogens with zero attached hydrogens (tertiary/aromatic N) is 1. The summed E-state index contributed by atoms with van der Waals surface area (Å²) in [4.78, 5) is 2.48. The summed E-state index contributed by atoms with van der Waals surface area (Å²) in [5.74, 6) is 0. The minimum absolute atomic E-state index is 0.223. The first-order valence-electron chi connectivity index (χ1n) is 6.27. The monoisotopic (exact) mass is 230 g/mol. The third-order valence-corrected chi connectivity index (χ3v) is 3.47. The van der Waals surface area contributed by atoms with Crippen molar-refractivity contribution in [3.63, 3.8) is 0 Å². The molecule has 0 radical (unpaired) electrons. The van der Waals surface area contributed by atoms with E-state index >= 15 is 0 Å². The molecule has 0 aliphatic carbocycles. The molecule has 16 heavy (non-hydrogen) atoms. The van der Waals surface area contributed by atoms with Crippen LogP contribution in [0.25, 0.3) is 0 Å². The Kier molecular flexibility index (Phi) is 6.28. The summed E-state index contributed by atoms with van der Waals surface area (Å²) < 4.78 is 10.9. The fraction of sp³-hybridized carbons (Fsp3) is 1.00. The first kappa shape index (κ1) is 13.9. The third-order valence-electron chi connectivity index (χ3n) is 3.47. The molecule has 0 aromatic carbocycles. The quantitative estimate of drug-likeness (QED) is 0.699. The Bertz CT molecular complexity index is 178. The lowest BCUT2D eigenvalue weighted by molar-refractivity contribution is -0.00461. The summed E-state index contributed by atoms with van der Waals surface area (Å²) in [6, 6.07) is 0.595. The molecule has 1 fully saturated rings. The van der Waals surface area contributed by atoms with Crippen LogP contribution in [0.2, 0.25) is 0 Å². The fourth-order valence-electron chi connectivity index (χ4n) is 2.37. The van der Waals surface area contributed by atoms with Crippen LogP contribution < -0.4 is 5.32 Å². The van der Waals surface area contributed by atoms with Gasteiger partial charge in [0.15, 0.2) is 0 Å². The molecule has 1 rings (SSSR count). The van der Waals surface area contributed by atoms with Crippen LogP contribution >= 0.6 is 0 Å². The highest BCUT2D eigenvalue weighted by Crippen LogP contribution is 2.19. The van der Waals surface area contributed by atoms with Gasteiger partial charge in [-0.2, -0.15) is 0 Å². The predicted octanol–water partition coefficient (Wildman–Crippen LogP) is 0.720. The Balaban J connectivity index is 2.47. The zero-order valence-corrected chi connectivity index (χ0v) is 11.0. The van der Waals surface area contributed by atoms with Gasteiger partial charge < -0.3 is 14.8 Å². The molecule has 1 aliphatic heterocycles. The van der Waals surface area contributed by atoms with E-state index in [1.165, 1.54) is 6.42 Å². The molecule has 0 amide bonds. The van der Waals surface area contributed by atoms with Gasteiger partial charge in [-0.05, 0) is 13.0 Å². The topological polar surface area (TPSA) is 33.7 Å². The molecular formula is C12H26N2O2. The molecule has 0 aromatic rings. The average Bonchev–Trinajstić information content (AvgIpc) is 2.73. The van der Waals surface area contributed by atoms with Gasteiger partial charge >= 0.3 is 0 Å². The maximum Gasteiger partial charge on any atom is 0.0971 e. The largest absolute Gasteiger partial charge is 0.377 e. The molecule has 4 heteroatoms. The van der Waals surface area contributed by atoms with E-state index in [-0.39, 0.29) is 12.2 Å². The summed E-state index contributed by atoms with van der Waals surface area (Å²) in [6.07, 6.45) is 1.61. The highest BCUT2D eigenvalue weighted by molar-refractivity contribution is 4.89. The molecule has 1 aliphatic rings. The van der Waals surface area contributed by atoms with Gasteiger partial charge in [0.2, 0.25) is 0 Å². The van der Waals surface area contributed by atoms with Gasteiger partial charge in [-0.25, -0.2) is 0 Å². The van der Waals surface area contributed by atoms with Crippen LogP contribution in [0.4, 0.5) is 0 Å². The second-order valence-electron chi connectivity index (χ2n) is 4.37. The highest BCUT2D eigenvalue weighted by Gasteiger charge is 2.35. The Morgan fingerprint density at radius 1 is 1.19 bits per heavy atom. The van der Waals surface area contributed by atoms with Crippen molar-refractivity contribution in [3.8, 4) is 0 Å². The van der Waals surface area contributed by atoms with Crippen LogP contribution in [0.15, 0.2) is 0 Å². The molecule has 4 nitrogen and oxygen atoms in total. The molecule has 0 aromatic heterocycles. The van der Waals surface area contributed by atoms with Crippen LogP contribution in [-0.2, 0) is 9.47 Å². The fourth-order valence-corrected chi connectivity index (χ4v) is 2.37. The van der Waals surface area contributed by atoms with Crippen LogP contribution in [0.1, 0.15) is 20.3 Å². The molecule has 1 heterocycles. The molecule has 3 atom stereocenters. The summed E-state index contributed by atoms with van der Waals surface area (Å²) in [6.45, 7) is 8.44. The summed E-state index contributed by atoms with van der Waals surface area (Å²) in [5.41, 5.74) is 0. The van der Waals surface area contributed by atoms with Crippen molar-refractivity contribution in [1.82, 2.24) is 10.2 Å². The van der Waals surface area contributed by atoms with Gasteiger partial charge in [-0.1, -0.05) is 13.8 Å². The number of likely N-dealkylation sites (tertiary alicyclic amines) is 1. The minimum atomic E-state index is 0.223. The van der Waals surface area contributed by atoms with E-state index in [0.29, 0.717) is 6.04 Å². The Labute approximate surface area is 99.3 Å². The number of nitrogens with one attached hydrogen (secondary N) is 1. The van der Waals surface area contributed by atoms with E-state index in [0.717, 1.165) is 26.2 Å². The standard InChI is InChI=1S/C12H26N2O2/c1-5-10(7-13-6-2)14-8-11(15-3)12(9-14)16-4/h10-13H,5-9H2,1-4H3. The molecule has 96 valence electrons. The number of likely N-dealkylation sites (N-methyl/N-ethyl adjacent to an activating group) is 1. The molecule has 1 N–H and O–H groups in total. The average molecular weight is 230 g/mol. The Morgan fingerprint density at radius 2 is 1.75 bits per heavy atom. The van der Waals surface area contributed by atoms with E-state index in [1.807, 2.05) is 0 Å². The number of hydrogen-bond acceptors (Lipinski definition) is 4. The summed E-state index contributed by atoms with van der Waals surface area (Å²) >= 11 is 0. The van der Waals surface area contributed by atoms with E-state index in [4.69, 9.17) is 9.47 Å². The highest BCUT2D eigenvalue weighted by atomic mass is 16.5. The van der Waals surface area contributed by atoms with Crippen LogP contribution in [0.3, 0.4) is 0 Å². The van der Waals surface area contributed by atoms with Crippen LogP contribution in [0, 0.1) is 0 Å². The maximum absolute atomic E-state index is 5.46.